The highest BCUT2D eigenvalue weighted by Crippen LogP contribution is 2.20. The van der Waals surface area contributed by atoms with Gasteiger partial charge in [-0.15, -0.1) is 0 Å². The van der Waals surface area contributed by atoms with Crippen LogP contribution in [0, 0.1) is 23.1 Å². The van der Waals surface area contributed by atoms with Crippen LogP contribution in [0.15, 0.2) is 18.2 Å². The second kappa shape index (κ2) is 5.32. The Morgan fingerprint density at radius 2 is 2.33 bits per heavy atom. The van der Waals surface area contributed by atoms with Gasteiger partial charge in [0.1, 0.15) is 23.2 Å². The van der Waals surface area contributed by atoms with Crippen molar-refractivity contribution in [3.8, 4) is 11.8 Å². The SMILES string of the molecule is CC(CO)COc1cccc(F)c1C#N. The molecule has 3 nitrogen and oxygen atoms in total. The molecule has 1 aromatic rings. The van der Waals surface area contributed by atoms with Crippen molar-refractivity contribution in [3.05, 3.63) is 29.6 Å². The van der Waals surface area contributed by atoms with Gasteiger partial charge in [-0.2, -0.15) is 5.26 Å². The van der Waals surface area contributed by atoms with E-state index in [0.29, 0.717) is 0 Å². The number of aliphatic hydroxyl groups excluding tert-OH is 1. The van der Waals surface area contributed by atoms with Crippen molar-refractivity contribution < 1.29 is 14.2 Å². The molecule has 80 valence electrons. The summed E-state index contributed by atoms with van der Waals surface area (Å²) in [7, 11) is 0. The minimum Gasteiger partial charge on any atom is -0.492 e. The summed E-state index contributed by atoms with van der Waals surface area (Å²) in [6, 6.07) is 5.97. The number of halogens is 1. The van der Waals surface area contributed by atoms with Crippen molar-refractivity contribution in [2.45, 2.75) is 6.92 Å². The van der Waals surface area contributed by atoms with Crippen molar-refractivity contribution in [2.75, 3.05) is 13.2 Å². The first-order valence-electron chi connectivity index (χ1n) is 4.61. The number of ether oxygens (including phenoxy) is 1. The highest BCUT2D eigenvalue weighted by molar-refractivity contribution is 5.43. The topological polar surface area (TPSA) is 53.2 Å². The van der Waals surface area contributed by atoms with Gasteiger partial charge < -0.3 is 9.84 Å². The maximum Gasteiger partial charge on any atom is 0.144 e. The molecule has 15 heavy (non-hydrogen) atoms. The molecule has 1 rings (SSSR count). The van der Waals surface area contributed by atoms with E-state index in [1.54, 1.807) is 13.0 Å². The first-order valence-corrected chi connectivity index (χ1v) is 4.61. The third-order valence-electron chi connectivity index (χ3n) is 1.92. The van der Waals surface area contributed by atoms with Gasteiger partial charge >= 0.3 is 0 Å². The molecule has 1 N–H and O–H groups in total. The van der Waals surface area contributed by atoms with Gasteiger partial charge in [-0.25, -0.2) is 4.39 Å². The summed E-state index contributed by atoms with van der Waals surface area (Å²) in [5, 5.41) is 17.5. The van der Waals surface area contributed by atoms with Gasteiger partial charge in [-0.3, -0.25) is 0 Å². The summed E-state index contributed by atoms with van der Waals surface area (Å²) in [5.41, 5.74) is -0.0948. The van der Waals surface area contributed by atoms with E-state index in [0.717, 1.165) is 0 Å². The number of benzene rings is 1. The molecule has 0 heterocycles. The van der Waals surface area contributed by atoms with Crippen LogP contribution in [0.25, 0.3) is 0 Å². The zero-order valence-electron chi connectivity index (χ0n) is 8.40. The first-order chi connectivity index (χ1) is 7.19. The van der Waals surface area contributed by atoms with Crippen molar-refractivity contribution in [2.24, 2.45) is 5.92 Å². The molecule has 0 aromatic heterocycles. The lowest BCUT2D eigenvalue weighted by Gasteiger charge is -2.11. The van der Waals surface area contributed by atoms with Crippen LogP contribution in [-0.4, -0.2) is 18.3 Å². The molecule has 0 spiro atoms. The Morgan fingerprint density at radius 1 is 1.60 bits per heavy atom. The summed E-state index contributed by atoms with van der Waals surface area (Å²) in [4.78, 5) is 0. The molecule has 0 fully saturated rings. The summed E-state index contributed by atoms with van der Waals surface area (Å²) >= 11 is 0. The Hall–Kier alpha value is -1.60. The second-order valence-corrected chi connectivity index (χ2v) is 3.32. The predicted octanol–water partition coefficient (Wildman–Crippen LogP) is 1.70. The number of hydrogen-bond acceptors (Lipinski definition) is 3. The maximum atomic E-state index is 13.1. The number of aliphatic hydroxyl groups is 1. The molecule has 1 unspecified atom stereocenters. The lowest BCUT2D eigenvalue weighted by Crippen LogP contribution is -2.12. The predicted molar refractivity (Wildman–Crippen MR) is 52.9 cm³/mol. The van der Waals surface area contributed by atoms with E-state index in [1.807, 2.05) is 0 Å². The van der Waals surface area contributed by atoms with Gasteiger partial charge in [0.25, 0.3) is 0 Å². The van der Waals surface area contributed by atoms with E-state index < -0.39 is 5.82 Å². The average Bonchev–Trinajstić information content (AvgIpc) is 2.25. The molecule has 0 saturated carbocycles. The third-order valence-corrected chi connectivity index (χ3v) is 1.92. The zero-order valence-corrected chi connectivity index (χ0v) is 8.40. The van der Waals surface area contributed by atoms with Crippen molar-refractivity contribution >= 4 is 0 Å². The summed E-state index contributed by atoms with van der Waals surface area (Å²) in [5.74, 6) is -0.413. The molecule has 0 saturated heterocycles. The van der Waals surface area contributed by atoms with Crippen LogP contribution < -0.4 is 4.74 Å². The Bertz CT molecular complexity index is 373. The van der Waals surface area contributed by atoms with E-state index in [4.69, 9.17) is 15.1 Å². The largest absolute Gasteiger partial charge is 0.492 e. The molecule has 0 bridgehead atoms. The summed E-state index contributed by atoms with van der Waals surface area (Å²) < 4.78 is 18.3. The van der Waals surface area contributed by atoms with Crippen molar-refractivity contribution in [1.29, 1.82) is 5.26 Å². The summed E-state index contributed by atoms with van der Waals surface area (Å²) in [6.45, 7) is 2.05. The van der Waals surface area contributed by atoms with Gasteiger partial charge in [0.05, 0.1) is 6.61 Å². The number of nitriles is 1. The normalized spacial score (nSPS) is 11.9. The van der Waals surface area contributed by atoms with Gasteiger partial charge in [0.2, 0.25) is 0 Å². The standard InChI is InChI=1S/C11H12FNO2/c1-8(6-14)7-15-11-4-2-3-10(12)9(11)5-13/h2-4,8,14H,6-7H2,1H3. The van der Waals surface area contributed by atoms with E-state index in [9.17, 15) is 4.39 Å². The fraction of sp³-hybridized carbons (Fsp3) is 0.364. The zero-order chi connectivity index (χ0) is 11.3. The molecular formula is C11H12FNO2. The van der Waals surface area contributed by atoms with Crippen molar-refractivity contribution in [3.63, 3.8) is 0 Å². The van der Waals surface area contributed by atoms with Crippen LogP contribution >= 0.6 is 0 Å². The molecular weight excluding hydrogens is 197 g/mol. The second-order valence-electron chi connectivity index (χ2n) is 3.32. The highest BCUT2D eigenvalue weighted by atomic mass is 19.1. The Balaban J connectivity index is 2.77. The number of hydrogen-bond donors (Lipinski definition) is 1. The van der Waals surface area contributed by atoms with Gasteiger partial charge in [0.15, 0.2) is 0 Å². The van der Waals surface area contributed by atoms with Crippen LogP contribution in [-0.2, 0) is 0 Å². The Labute approximate surface area is 87.7 Å². The molecule has 0 aliphatic heterocycles. The maximum absolute atomic E-state index is 13.1. The first kappa shape index (κ1) is 11.5. The molecule has 1 aromatic carbocycles. The Morgan fingerprint density at radius 3 is 2.93 bits per heavy atom. The van der Waals surface area contributed by atoms with Crippen LogP contribution in [0.1, 0.15) is 12.5 Å². The van der Waals surface area contributed by atoms with Crippen LogP contribution in [0.2, 0.25) is 0 Å². The fourth-order valence-electron chi connectivity index (χ4n) is 1.02. The Kier molecular flexibility index (Phi) is 4.07. The van der Waals surface area contributed by atoms with Crippen LogP contribution in [0.5, 0.6) is 5.75 Å². The molecule has 0 amide bonds. The molecule has 1 atom stereocenters. The number of nitrogens with zero attached hydrogens (tertiary/aromatic N) is 1. The molecule has 4 heteroatoms. The van der Waals surface area contributed by atoms with Gasteiger partial charge in [0, 0.05) is 12.5 Å². The summed E-state index contributed by atoms with van der Waals surface area (Å²) in [6.07, 6.45) is 0. The molecule has 0 radical (unpaired) electrons. The van der Waals surface area contributed by atoms with E-state index >= 15 is 0 Å². The van der Waals surface area contributed by atoms with E-state index in [-0.39, 0.29) is 30.4 Å². The third kappa shape index (κ3) is 2.93. The monoisotopic (exact) mass is 209 g/mol. The minimum absolute atomic E-state index is 0.00278. The lowest BCUT2D eigenvalue weighted by molar-refractivity contribution is 0.174. The number of rotatable bonds is 4. The average molecular weight is 209 g/mol. The lowest BCUT2D eigenvalue weighted by atomic mass is 10.2. The fourth-order valence-corrected chi connectivity index (χ4v) is 1.02. The highest BCUT2D eigenvalue weighted by Gasteiger charge is 2.09. The van der Waals surface area contributed by atoms with Crippen molar-refractivity contribution in [1.82, 2.24) is 0 Å². The quantitative estimate of drug-likeness (QED) is 0.821. The smallest absolute Gasteiger partial charge is 0.144 e. The molecule has 0 aliphatic rings. The van der Waals surface area contributed by atoms with Gasteiger partial charge in [-0.1, -0.05) is 13.0 Å². The minimum atomic E-state index is -0.591. The molecule has 0 aliphatic carbocycles. The van der Waals surface area contributed by atoms with Gasteiger partial charge in [-0.05, 0) is 12.1 Å². The van der Waals surface area contributed by atoms with E-state index in [2.05, 4.69) is 0 Å². The van der Waals surface area contributed by atoms with E-state index in [1.165, 1.54) is 18.2 Å². The van der Waals surface area contributed by atoms with Crippen LogP contribution in [0.3, 0.4) is 0 Å². The van der Waals surface area contributed by atoms with Crippen LogP contribution in [0.4, 0.5) is 4.39 Å².